The third kappa shape index (κ3) is 2.88. The predicted molar refractivity (Wildman–Crippen MR) is 72.6 cm³/mol. The summed E-state index contributed by atoms with van der Waals surface area (Å²) in [5.74, 6) is -0.584. The molecule has 0 saturated heterocycles. The molecule has 2 rings (SSSR count). The van der Waals surface area contributed by atoms with E-state index in [9.17, 15) is 8.78 Å². The van der Waals surface area contributed by atoms with E-state index >= 15 is 0 Å². The normalized spacial score (nSPS) is 10.4. The van der Waals surface area contributed by atoms with Crippen molar-refractivity contribution in [1.29, 1.82) is 0 Å². The zero-order valence-electron chi connectivity index (χ0n) is 9.81. The highest BCUT2D eigenvalue weighted by molar-refractivity contribution is 9.10. The Balaban J connectivity index is 2.14. The maximum atomic E-state index is 13.5. The fourth-order valence-electron chi connectivity index (χ4n) is 1.60. The molecule has 18 heavy (non-hydrogen) atoms. The minimum Gasteiger partial charge on any atom is -0.378 e. The van der Waals surface area contributed by atoms with E-state index in [1.54, 1.807) is 25.1 Å². The molecule has 0 saturated carbocycles. The molecule has 0 fully saturated rings. The second-order valence-corrected chi connectivity index (χ2v) is 4.89. The molecule has 0 aliphatic rings. The number of anilines is 1. The molecule has 0 heterocycles. The second kappa shape index (κ2) is 5.48. The fraction of sp³-hybridized carbons (Fsp3) is 0.143. The van der Waals surface area contributed by atoms with Crippen LogP contribution in [0.5, 0.6) is 0 Å². The zero-order valence-corrected chi connectivity index (χ0v) is 11.4. The summed E-state index contributed by atoms with van der Waals surface area (Å²) in [6, 6.07) is 9.74. The Labute approximate surface area is 113 Å². The third-order valence-electron chi connectivity index (χ3n) is 2.67. The van der Waals surface area contributed by atoms with E-state index < -0.39 is 0 Å². The summed E-state index contributed by atoms with van der Waals surface area (Å²) < 4.78 is 27.5. The van der Waals surface area contributed by atoms with Gasteiger partial charge in [0.1, 0.15) is 11.6 Å². The lowest BCUT2D eigenvalue weighted by Gasteiger charge is -2.10. The SMILES string of the molecule is Cc1ccc(CNc2c(F)cccc2Br)cc1F. The average molecular weight is 312 g/mol. The van der Waals surface area contributed by atoms with Crippen LogP contribution < -0.4 is 5.32 Å². The molecule has 2 aromatic rings. The number of nitrogens with one attached hydrogen (secondary N) is 1. The van der Waals surface area contributed by atoms with Gasteiger partial charge in [-0.05, 0) is 52.2 Å². The maximum absolute atomic E-state index is 13.5. The average Bonchev–Trinajstić information content (AvgIpc) is 2.33. The number of halogens is 3. The Morgan fingerprint density at radius 1 is 1.11 bits per heavy atom. The van der Waals surface area contributed by atoms with Gasteiger partial charge in [-0.1, -0.05) is 18.2 Å². The minimum atomic E-state index is -0.336. The molecule has 0 radical (unpaired) electrons. The van der Waals surface area contributed by atoms with Crippen LogP contribution in [0, 0.1) is 18.6 Å². The van der Waals surface area contributed by atoms with E-state index in [4.69, 9.17) is 0 Å². The first-order valence-electron chi connectivity index (χ1n) is 5.51. The number of hydrogen-bond acceptors (Lipinski definition) is 1. The predicted octanol–water partition coefficient (Wildman–Crippen LogP) is 4.65. The molecule has 4 heteroatoms. The van der Waals surface area contributed by atoms with Crippen molar-refractivity contribution in [2.75, 3.05) is 5.32 Å². The first-order valence-corrected chi connectivity index (χ1v) is 6.30. The molecular formula is C14H12BrF2N. The van der Waals surface area contributed by atoms with Crippen LogP contribution in [0.3, 0.4) is 0 Å². The van der Waals surface area contributed by atoms with Gasteiger partial charge in [-0.3, -0.25) is 0 Å². The summed E-state index contributed by atoms with van der Waals surface area (Å²) in [5.41, 5.74) is 1.76. The lowest BCUT2D eigenvalue weighted by molar-refractivity contribution is 0.616. The van der Waals surface area contributed by atoms with Gasteiger partial charge in [-0.25, -0.2) is 8.78 Å². The number of rotatable bonds is 3. The number of benzene rings is 2. The van der Waals surface area contributed by atoms with Gasteiger partial charge >= 0.3 is 0 Å². The van der Waals surface area contributed by atoms with Gasteiger partial charge in [-0.2, -0.15) is 0 Å². The molecule has 0 aliphatic heterocycles. The maximum Gasteiger partial charge on any atom is 0.147 e. The molecule has 0 aliphatic carbocycles. The Hall–Kier alpha value is -1.42. The molecule has 94 valence electrons. The van der Waals surface area contributed by atoms with Gasteiger partial charge in [-0.15, -0.1) is 0 Å². The lowest BCUT2D eigenvalue weighted by atomic mass is 10.1. The second-order valence-electron chi connectivity index (χ2n) is 4.03. The van der Waals surface area contributed by atoms with Crippen molar-refractivity contribution in [2.45, 2.75) is 13.5 Å². The molecule has 0 amide bonds. The number of para-hydroxylation sites is 1. The van der Waals surface area contributed by atoms with Crippen molar-refractivity contribution in [3.63, 3.8) is 0 Å². The number of hydrogen-bond donors (Lipinski definition) is 1. The molecule has 0 spiro atoms. The highest BCUT2D eigenvalue weighted by Crippen LogP contribution is 2.25. The van der Waals surface area contributed by atoms with Crippen LogP contribution in [0.2, 0.25) is 0 Å². The first kappa shape index (κ1) is 13.0. The van der Waals surface area contributed by atoms with Crippen molar-refractivity contribution >= 4 is 21.6 Å². The van der Waals surface area contributed by atoms with Gasteiger partial charge in [0.2, 0.25) is 0 Å². The molecule has 0 aromatic heterocycles. The Bertz CT molecular complexity index is 549. The molecule has 2 aromatic carbocycles. The summed E-state index contributed by atoms with van der Waals surface area (Å²) in [7, 11) is 0. The van der Waals surface area contributed by atoms with Crippen LogP contribution in [0.1, 0.15) is 11.1 Å². The third-order valence-corrected chi connectivity index (χ3v) is 3.33. The van der Waals surface area contributed by atoms with Crippen molar-refractivity contribution in [1.82, 2.24) is 0 Å². The monoisotopic (exact) mass is 311 g/mol. The Kier molecular flexibility index (Phi) is 3.97. The van der Waals surface area contributed by atoms with E-state index in [1.807, 2.05) is 6.07 Å². The highest BCUT2D eigenvalue weighted by Gasteiger charge is 2.06. The summed E-state index contributed by atoms with van der Waals surface area (Å²) in [5, 5.41) is 2.96. The van der Waals surface area contributed by atoms with Crippen LogP contribution >= 0.6 is 15.9 Å². The van der Waals surface area contributed by atoms with E-state index in [0.717, 1.165) is 5.56 Å². The molecule has 1 N–H and O–H groups in total. The van der Waals surface area contributed by atoms with Gasteiger partial charge in [0.05, 0.1) is 5.69 Å². The molecule has 0 atom stereocenters. The zero-order chi connectivity index (χ0) is 13.1. The number of aryl methyl sites for hydroxylation is 1. The van der Waals surface area contributed by atoms with E-state index in [1.165, 1.54) is 12.1 Å². The van der Waals surface area contributed by atoms with Gasteiger partial charge in [0, 0.05) is 11.0 Å². The summed E-state index contributed by atoms with van der Waals surface area (Å²) in [6.45, 7) is 2.08. The van der Waals surface area contributed by atoms with Crippen molar-refractivity contribution in [3.05, 3.63) is 63.6 Å². The molecular weight excluding hydrogens is 300 g/mol. The Morgan fingerprint density at radius 2 is 1.89 bits per heavy atom. The van der Waals surface area contributed by atoms with Gasteiger partial charge in [0.15, 0.2) is 0 Å². The first-order chi connectivity index (χ1) is 8.58. The van der Waals surface area contributed by atoms with Gasteiger partial charge in [0.25, 0.3) is 0 Å². The van der Waals surface area contributed by atoms with Gasteiger partial charge < -0.3 is 5.32 Å². The molecule has 1 nitrogen and oxygen atoms in total. The van der Waals surface area contributed by atoms with E-state index in [2.05, 4.69) is 21.2 Å². The van der Waals surface area contributed by atoms with Crippen LogP contribution in [-0.4, -0.2) is 0 Å². The van der Waals surface area contributed by atoms with Crippen LogP contribution in [0.4, 0.5) is 14.5 Å². The van der Waals surface area contributed by atoms with Crippen LogP contribution in [-0.2, 0) is 6.54 Å². The minimum absolute atomic E-state index is 0.248. The van der Waals surface area contributed by atoms with Crippen LogP contribution in [0.15, 0.2) is 40.9 Å². The molecule has 0 bridgehead atoms. The van der Waals surface area contributed by atoms with Crippen molar-refractivity contribution in [2.24, 2.45) is 0 Å². The fourth-order valence-corrected chi connectivity index (χ4v) is 2.09. The highest BCUT2D eigenvalue weighted by atomic mass is 79.9. The largest absolute Gasteiger partial charge is 0.378 e. The summed E-state index contributed by atoms with van der Waals surface area (Å²) >= 11 is 3.27. The topological polar surface area (TPSA) is 12.0 Å². The van der Waals surface area contributed by atoms with Crippen molar-refractivity contribution in [3.8, 4) is 0 Å². The van der Waals surface area contributed by atoms with E-state index in [-0.39, 0.29) is 11.6 Å². The van der Waals surface area contributed by atoms with Crippen LogP contribution in [0.25, 0.3) is 0 Å². The van der Waals surface area contributed by atoms with E-state index in [0.29, 0.717) is 22.3 Å². The standard InChI is InChI=1S/C14H12BrF2N/c1-9-5-6-10(7-13(9)17)8-18-14-11(15)3-2-4-12(14)16/h2-7,18H,8H2,1H3. The van der Waals surface area contributed by atoms with Crippen molar-refractivity contribution < 1.29 is 8.78 Å². The summed E-state index contributed by atoms with van der Waals surface area (Å²) in [4.78, 5) is 0. The smallest absolute Gasteiger partial charge is 0.147 e. The Morgan fingerprint density at radius 3 is 2.56 bits per heavy atom. The lowest BCUT2D eigenvalue weighted by Crippen LogP contribution is -2.02. The quantitative estimate of drug-likeness (QED) is 0.870. The molecule has 0 unspecified atom stereocenters. The summed E-state index contributed by atoms with van der Waals surface area (Å²) in [6.07, 6.45) is 0.